The number of aromatic nitrogens is 2. The van der Waals surface area contributed by atoms with Gasteiger partial charge in [-0.25, -0.2) is 4.98 Å². The van der Waals surface area contributed by atoms with Crippen molar-refractivity contribution in [3.8, 4) is 0 Å². The SMILES string of the molecule is CCCNC(CSC1CCCC1)Cc1nccn1C. The number of nitrogens with zero attached hydrogens (tertiary/aromatic N) is 2. The number of hydrogen-bond acceptors (Lipinski definition) is 3. The second-order valence-electron chi connectivity index (χ2n) is 5.55. The van der Waals surface area contributed by atoms with Crippen LogP contribution in [0.4, 0.5) is 0 Å². The Morgan fingerprint density at radius 3 is 2.89 bits per heavy atom. The Kier molecular flexibility index (Phi) is 6.24. The van der Waals surface area contributed by atoms with Gasteiger partial charge in [-0.05, 0) is 25.8 Å². The van der Waals surface area contributed by atoms with E-state index < -0.39 is 0 Å². The van der Waals surface area contributed by atoms with Crippen LogP contribution in [0.25, 0.3) is 0 Å². The molecule has 0 saturated heterocycles. The minimum Gasteiger partial charge on any atom is -0.338 e. The molecule has 1 fully saturated rings. The molecule has 19 heavy (non-hydrogen) atoms. The standard InChI is InChI=1S/C15H27N3S/c1-3-8-16-13(11-15-17-9-10-18(15)2)12-19-14-6-4-5-7-14/h9-10,13-14,16H,3-8,11-12H2,1-2H3. The molecule has 4 heteroatoms. The highest BCUT2D eigenvalue weighted by Gasteiger charge is 2.18. The first kappa shape index (κ1) is 14.9. The Hall–Kier alpha value is -0.480. The zero-order chi connectivity index (χ0) is 13.5. The summed E-state index contributed by atoms with van der Waals surface area (Å²) < 4.78 is 2.14. The summed E-state index contributed by atoms with van der Waals surface area (Å²) in [6.07, 6.45) is 11.9. The quantitative estimate of drug-likeness (QED) is 0.794. The molecule has 1 heterocycles. The molecule has 0 spiro atoms. The van der Waals surface area contributed by atoms with Gasteiger partial charge in [-0.1, -0.05) is 19.8 Å². The van der Waals surface area contributed by atoms with Crippen LogP contribution in [0.15, 0.2) is 12.4 Å². The number of imidazole rings is 1. The van der Waals surface area contributed by atoms with Gasteiger partial charge in [0.2, 0.25) is 0 Å². The second kappa shape index (κ2) is 7.95. The van der Waals surface area contributed by atoms with E-state index in [0.717, 1.165) is 18.2 Å². The summed E-state index contributed by atoms with van der Waals surface area (Å²) in [6.45, 7) is 3.34. The zero-order valence-corrected chi connectivity index (χ0v) is 13.1. The third kappa shape index (κ3) is 4.84. The van der Waals surface area contributed by atoms with E-state index in [0.29, 0.717) is 6.04 Å². The summed E-state index contributed by atoms with van der Waals surface area (Å²) in [7, 11) is 2.09. The summed E-state index contributed by atoms with van der Waals surface area (Å²) in [4.78, 5) is 4.46. The normalized spacial score (nSPS) is 18.0. The van der Waals surface area contributed by atoms with Crippen LogP contribution in [-0.4, -0.2) is 33.1 Å². The number of rotatable bonds is 8. The number of hydrogen-bond donors (Lipinski definition) is 1. The number of aryl methyl sites for hydroxylation is 1. The van der Waals surface area contributed by atoms with Crippen LogP contribution in [0.2, 0.25) is 0 Å². The molecule has 1 aliphatic rings. The van der Waals surface area contributed by atoms with E-state index in [1.165, 1.54) is 43.7 Å². The Morgan fingerprint density at radius 2 is 2.26 bits per heavy atom. The molecule has 1 aliphatic carbocycles. The van der Waals surface area contributed by atoms with E-state index in [9.17, 15) is 0 Å². The summed E-state index contributed by atoms with van der Waals surface area (Å²) in [6, 6.07) is 0.562. The molecule has 1 atom stereocenters. The van der Waals surface area contributed by atoms with E-state index in [1.807, 2.05) is 12.4 Å². The molecule has 0 aliphatic heterocycles. The largest absolute Gasteiger partial charge is 0.338 e. The Balaban J connectivity index is 1.82. The Morgan fingerprint density at radius 1 is 1.47 bits per heavy atom. The maximum Gasteiger partial charge on any atom is 0.109 e. The lowest BCUT2D eigenvalue weighted by Crippen LogP contribution is -2.35. The van der Waals surface area contributed by atoms with Crippen molar-refractivity contribution in [3.05, 3.63) is 18.2 Å². The van der Waals surface area contributed by atoms with E-state index in [1.54, 1.807) is 0 Å². The first-order valence-corrected chi connectivity index (χ1v) is 8.65. The minimum atomic E-state index is 0.562. The predicted octanol–water partition coefficient (Wildman–Crippen LogP) is 3.01. The molecule has 2 rings (SSSR count). The fraction of sp³-hybridized carbons (Fsp3) is 0.800. The van der Waals surface area contributed by atoms with E-state index >= 15 is 0 Å². The first-order valence-electron chi connectivity index (χ1n) is 7.60. The van der Waals surface area contributed by atoms with Crippen molar-refractivity contribution in [2.75, 3.05) is 12.3 Å². The minimum absolute atomic E-state index is 0.562. The first-order chi connectivity index (χ1) is 9.29. The van der Waals surface area contributed by atoms with Crippen molar-refractivity contribution in [2.45, 2.75) is 56.7 Å². The molecule has 0 radical (unpaired) electrons. The van der Waals surface area contributed by atoms with Crippen molar-refractivity contribution in [2.24, 2.45) is 7.05 Å². The van der Waals surface area contributed by atoms with Crippen LogP contribution >= 0.6 is 11.8 Å². The van der Waals surface area contributed by atoms with Crippen LogP contribution in [0.1, 0.15) is 44.9 Å². The highest BCUT2D eigenvalue weighted by molar-refractivity contribution is 7.99. The van der Waals surface area contributed by atoms with Crippen LogP contribution in [0, 0.1) is 0 Å². The molecule has 0 amide bonds. The highest BCUT2D eigenvalue weighted by Crippen LogP contribution is 2.29. The summed E-state index contributed by atoms with van der Waals surface area (Å²) in [5.74, 6) is 2.41. The lowest BCUT2D eigenvalue weighted by atomic mass is 10.2. The van der Waals surface area contributed by atoms with Crippen LogP contribution < -0.4 is 5.32 Å². The third-order valence-electron chi connectivity index (χ3n) is 3.87. The van der Waals surface area contributed by atoms with Gasteiger partial charge in [-0.15, -0.1) is 0 Å². The van der Waals surface area contributed by atoms with Gasteiger partial charge in [-0.3, -0.25) is 0 Å². The molecule has 1 aromatic rings. The van der Waals surface area contributed by atoms with Crippen molar-refractivity contribution in [3.63, 3.8) is 0 Å². The topological polar surface area (TPSA) is 29.9 Å². The van der Waals surface area contributed by atoms with Crippen LogP contribution in [-0.2, 0) is 13.5 Å². The Labute approximate surface area is 121 Å². The second-order valence-corrected chi connectivity index (χ2v) is 6.88. The molecule has 0 bridgehead atoms. The average Bonchev–Trinajstić information content (AvgIpc) is 3.05. The highest BCUT2D eigenvalue weighted by atomic mass is 32.2. The van der Waals surface area contributed by atoms with Crippen molar-refractivity contribution in [1.29, 1.82) is 0 Å². The lowest BCUT2D eigenvalue weighted by Gasteiger charge is -2.20. The third-order valence-corrected chi connectivity index (χ3v) is 5.41. The van der Waals surface area contributed by atoms with Gasteiger partial charge < -0.3 is 9.88 Å². The van der Waals surface area contributed by atoms with Gasteiger partial charge in [0, 0.05) is 42.9 Å². The summed E-state index contributed by atoms with van der Waals surface area (Å²) in [5.41, 5.74) is 0. The van der Waals surface area contributed by atoms with Gasteiger partial charge in [-0.2, -0.15) is 11.8 Å². The monoisotopic (exact) mass is 281 g/mol. The van der Waals surface area contributed by atoms with Crippen molar-refractivity contribution >= 4 is 11.8 Å². The predicted molar refractivity (Wildman–Crippen MR) is 83.7 cm³/mol. The number of thioether (sulfide) groups is 1. The van der Waals surface area contributed by atoms with E-state index in [2.05, 4.69) is 40.6 Å². The summed E-state index contributed by atoms with van der Waals surface area (Å²) >= 11 is 2.17. The van der Waals surface area contributed by atoms with Crippen LogP contribution in [0.3, 0.4) is 0 Å². The molecule has 1 unspecified atom stereocenters. The van der Waals surface area contributed by atoms with E-state index in [-0.39, 0.29) is 0 Å². The molecule has 1 N–H and O–H groups in total. The maximum atomic E-state index is 4.46. The smallest absolute Gasteiger partial charge is 0.109 e. The fourth-order valence-electron chi connectivity index (χ4n) is 2.66. The van der Waals surface area contributed by atoms with Crippen LogP contribution in [0.5, 0.6) is 0 Å². The molecule has 1 aromatic heterocycles. The molecular weight excluding hydrogens is 254 g/mol. The Bertz CT molecular complexity index is 358. The average molecular weight is 281 g/mol. The van der Waals surface area contributed by atoms with Crippen molar-refractivity contribution in [1.82, 2.24) is 14.9 Å². The van der Waals surface area contributed by atoms with E-state index in [4.69, 9.17) is 0 Å². The number of nitrogens with one attached hydrogen (secondary N) is 1. The lowest BCUT2D eigenvalue weighted by molar-refractivity contribution is 0.531. The zero-order valence-electron chi connectivity index (χ0n) is 12.3. The molecule has 0 aromatic carbocycles. The molecular formula is C15H27N3S. The van der Waals surface area contributed by atoms with Gasteiger partial charge in [0.05, 0.1) is 0 Å². The van der Waals surface area contributed by atoms with Gasteiger partial charge in [0.1, 0.15) is 5.82 Å². The fourth-order valence-corrected chi connectivity index (χ4v) is 4.07. The molecule has 3 nitrogen and oxygen atoms in total. The summed E-state index contributed by atoms with van der Waals surface area (Å²) in [5, 5.41) is 4.59. The molecule has 108 valence electrons. The maximum absolute atomic E-state index is 4.46. The van der Waals surface area contributed by atoms with Gasteiger partial charge in [0.25, 0.3) is 0 Å². The van der Waals surface area contributed by atoms with Gasteiger partial charge >= 0.3 is 0 Å². The van der Waals surface area contributed by atoms with Crippen molar-refractivity contribution < 1.29 is 0 Å². The molecule has 1 saturated carbocycles. The van der Waals surface area contributed by atoms with Gasteiger partial charge in [0.15, 0.2) is 0 Å².